The molecule has 92 valence electrons. The third kappa shape index (κ3) is 2.07. The lowest BCUT2D eigenvalue weighted by Crippen LogP contribution is -2.58. The number of benzene rings is 1. The summed E-state index contributed by atoms with van der Waals surface area (Å²) in [5.74, 6) is 2.07. The second-order valence-corrected chi connectivity index (χ2v) is 4.20. The summed E-state index contributed by atoms with van der Waals surface area (Å²) in [5, 5.41) is 2.72. The van der Waals surface area contributed by atoms with Crippen molar-refractivity contribution in [3.63, 3.8) is 0 Å². The average Bonchev–Trinajstić information content (AvgIpc) is 2.40. The molecule has 2 unspecified atom stereocenters. The van der Waals surface area contributed by atoms with Gasteiger partial charge >= 0.3 is 0 Å². The molecular weight excluding hydrogens is 228 g/mol. The molecule has 0 aromatic heterocycles. The van der Waals surface area contributed by atoms with Crippen molar-refractivity contribution >= 4 is 11.8 Å². The molecule has 0 aliphatic carbocycles. The number of hydrogen-bond donors (Lipinski definition) is 1. The molecule has 4 heteroatoms. The first-order valence-electron chi connectivity index (χ1n) is 5.74. The van der Waals surface area contributed by atoms with Crippen molar-refractivity contribution in [2.75, 3.05) is 6.54 Å². The summed E-state index contributed by atoms with van der Waals surface area (Å²) in [6, 6.07) is 7.99. The normalized spacial score (nSPS) is 23.4. The molecule has 4 nitrogen and oxygen atoms in total. The molecule has 1 aliphatic heterocycles. The molecule has 0 spiro atoms. The third-order valence-electron chi connectivity index (χ3n) is 3.06. The van der Waals surface area contributed by atoms with Gasteiger partial charge in [-0.25, -0.2) is 0 Å². The van der Waals surface area contributed by atoms with Gasteiger partial charge < -0.3 is 10.2 Å². The molecule has 1 N–H and O–H groups in total. The maximum atomic E-state index is 12.3. The Bertz CT molecular complexity index is 504. The minimum absolute atomic E-state index is 0.150. The summed E-state index contributed by atoms with van der Waals surface area (Å²) in [4.78, 5) is 25.5. The Morgan fingerprint density at radius 3 is 2.61 bits per heavy atom. The zero-order chi connectivity index (χ0) is 13.1. The van der Waals surface area contributed by atoms with Crippen molar-refractivity contribution in [3.8, 4) is 12.3 Å². The van der Waals surface area contributed by atoms with Crippen molar-refractivity contribution in [2.24, 2.45) is 0 Å². The van der Waals surface area contributed by atoms with Gasteiger partial charge in [0.2, 0.25) is 5.91 Å². The van der Waals surface area contributed by atoms with Gasteiger partial charge in [-0.2, -0.15) is 0 Å². The molecule has 18 heavy (non-hydrogen) atoms. The van der Waals surface area contributed by atoms with Crippen LogP contribution in [0.15, 0.2) is 30.3 Å². The van der Waals surface area contributed by atoms with Crippen LogP contribution in [0.2, 0.25) is 0 Å². The van der Waals surface area contributed by atoms with Gasteiger partial charge in [-0.1, -0.05) is 36.3 Å². The Labute approximate surface area is 106 Å². The topological polar surface area (TPSA) is 49.4 Å². The van der Waals surface area contributed by atoms with Gasteiger partial charge in [0.25, 0.3) is 5.91 Å². The Balaban J connectivity index is 2.31. The lowest BCUT2D eigenvalue weighted by molar-refractivity contribution is -0.148. The van der Waals surface area contributed by atoms with Crippen LogP contribution in [0, 0.1) is 12.3 Å². The molecule has 1 aliphatic rings. The van der Waals surface area contributed by atoms with Crippen LogP contribution in [0.1, 0.15) is 18.5 Å². The van der Waals surface area contributed by atoms with Crippen molar-refractivity contribution in [3.05, 3.63) is 35.9 Å². The van der Waals surface area contributed by atoms with Crippen LogP contribution in [-0.2, 0) is 9.59 Å². The second-order valence-electron chi connectivity index (χ2n) is 4.20. The molecular formula is C14H14N2O2. The number of rotatable bonds is 2. The second kappa shape index (κ2) is 4.92. The number of carbonyl (C=O) groups is 2. The molecule has 0 radical (unpaired) electrons. The average molecular weight is 242 g/mol. The Hall–Kier alpha value is -2.28. The molecule has 2 atom stereocenters. The minimum atomic E-state index is -0.636. The summed E-state index contributed by atoms with van der Waals surface area (Å²) in [7, 11) is 0. The van der Waals surface area contributed by atoms with Crippen LogP contribution in [0.25, 0.3) is 0 Å². The highest BCUT2D eigenvalue weighted by Gasteiger charge is 2.38. The van der Waals surface area contributed by atoms with E-state index in [0.29, 0.717) is 0 Å². The van der Waals surface area contributed by atoms with E-state index in [4.69, 9.17) is 6.42 Å². The molecule has 2 rings (SSSR count). The highest BCUT2D eigenvalue weighted by atomic mass is 16.2. The predicted molar refractivity (Wildman–Crippen MR) is 67.3 cm³/mol. The first-order chi connectivity index (χ1) is 8.65. The van der Waals surface area contributed by atoms with Gasteiger partial charge in [-0.3, -0.25) is 9.59 Å². The number of hydrogen-bond acceptors (Lipinski definition) is 2. The molecule has 1 aromatic carbocycles. The quantitative estimate of drug-likeness (QED) is 0.776. The first kappa shape index (κ1) is 12.2. The first-order valence-corrected chi connectivity index (χ1v) is 5.74. The lowest BCUT2D eigenvalue weighted by atomic mass is 10.0. The monoisotopic (exact) mass is 242 g/mol. The summed E-state index contributed by atoms with van der Waals surface area (Å²) < 4.78 is 0. The van der Waals surface area contributed by atoms with E-state index in [1.54, 1.807) is 6.92 Å². The highest BCUT2D eigenvalue weighted by Crippen LogP contribution is 2.21. The van der Waals surface area contributed by atoms with Crippen LogP contribution in [0.5, 0.6) is 0 Å². The van der Waals surface area contributed by atoms with Crippen molar-refractivity contribution in [1.82, 2.24) is 10.2 Å². The van der Waals surface area contributed by atoms with Gasteiger partial charge in [-0.15, -0.1) is 6.42 Å². The molecule has 1 saturated heterocycles. The van der Waals surface area contributed by atoms with Crippen molar-refractivity contribution in [2.45, 2.75) is 19.0 Å². The summed E-state index contributed by atoms with van der Waals surface area (Å²) in [5.41, 5.74) is 0.768. The van der Waals surface area contributed by atoms with E-state index in [2.05, 4.69) is 11.2 Å². The number of piperazine rings is 1. The van der Waals surface area contributed by atoms with E-state index in [9.17, 15) is 9.59 Å². The Morgan fingerprint density at radius 2 is 2.00 bits per heavy atom. The molecule has 2 amide bonds. The fraction of sp³-hybridized carbons (Fsp3) is 0.286. The summed E-state index contributed by atoms with van der Waals surface area (Å²) in [6.45, 7) is 1.82. The van der Waals surface area contributed by atoms with Crippen LogP contribution in [0.3, 0.4) is 0 Å². The number of carbonyl (C=O) groups excluding carboxylic acids is 2. The van der Waals surface area contributed by atoms with Gasteiger partial charge in [0, 0.05) is 0 Å². The Kier molecular flexibility index (Phi) is 3.33. The van der Waals surface area contributed by atoms with E-state index in [1.807, 2.05) is 30.3 Å². The summed E-state index contributed by atoms with van der Waals surface area (Å²) >= 11 is 0. The maximum absolute atomic E-state index is 12.3. The van der Waals surface area contributed by atoms with Gasteiger partial charge in [0.05, 0.1) is 6.54 Å². The van der Waals surface area contributed by atoms with E-state index in [-0.39, 0.29) is 18.4 Å². The third-order valence-corrected chi connectivity index (χ3v) is 3.06. The van der Waals surface area contributed by atoms with E-state index >= 15 is 0 Å². The fourth-order valence-electron chi connectivity index (χ4n) is 2.01. The van der Waals surface area contributed by atoms with Crippen LogP contribution >= 0.6 is 0 Å². The standard InChI is InChI=1S/C14H14N2O2/c1-3-9-16-10(2)13(17)15-12(14(16)18)11-7-5-4-6-8-11/h1,4-8,10,12H,9H2,2H3,(H,15,17). The smallest absolute Gasteiger partial charge is 0.251 e. The summed E-state index contributed by atoms with van der Waals surface area (Å²) in [6.07, 6.45) is 5.24. The number of terminal acetylenes is 1. The van der Waals surface area contributed by atoms with Crippen molar-refractivity contribution in [1.29, 1.82) is 0 Å². The van der Waals surface area contributed by atoms with E-state index in [1.165, 1.54) is 4.90 Å². The number of nitrogens with one attached hydrogen (secondary N) is 1. The van der Waals surface area contributed by atoms with Crippen LogP contribution < -0.4 is 5.32 Å². The highest BCUT2D eigenvalue weighted by molar-refractivity contribution is 5.97. The largest absolute Gasteiger partial charge is 0.339 e. The maximum Gasteiger partial charge on any atom is 0.251 e. The number of nitrogens with zero attached hydrogens (tertiary/aromatic N) is 1. The SMILES string of the molecule is C#CCN1C(=O)C(c2ccccc2)NC(=O)C1C. The molecule has 0 bridgehead atoms. The number of amides is 2. The zero-order valence-corrected chi connectivity index (χ0v) is 10.1. The lowest BCUT2D eigenvalue weighted by Gasteiger charge is -2.36. The Morgan fingerprint density at radius 1 is 1.33 bits per heavy atom. The predicted octanol–water partition coefficient (Wildman–Crippen LogP) is 0.708. The van der Waals surface area contributed by atoms with Gasteiger partial charge in [0.15, 0.2) is 0 Å². The van der Waals surface area contributed by atoms with Gasteiger partial charge in [-0.05, 0) is 12.5 Å². The van der Waals surface area contributed by atoms with Crippen LogP contribution in [0.4, 0.5) is 0 Å². The van der Waals surface area contributed by atoms with E-state index in [0.717, 1.165) is 5.56 Å². The molecule has 1 heterocycles. The van der Waals surface area contributed by atoms with Crippen LogP contribution in [-0.4, -0.2) is 29.3 Å². The molecule has 1 fully saturated rings. The fourth-order valence-corrected chi connectivity index (χ4v) is 2.01. The zero-order valence-electron chi connectivity index (χ0n) is 10.1. The van der Waals surface area contributed by atoms with Gasteiger partial charge in [0.1, 0.15) is 12.1 Å². The van der Waals surface area contributed by atoms with E-state index < -0.39 is 12.1 Å². The van der Waals surface area contributed by atoms with Crippen molar-refractivity contribution < 1.29 is 9.59 Å². The minimum Gasteiger partial charge on any atom is -0.339 e. The molecule has 0 saturated carbocycles. The molecule has 1 aromatic rings.